The molecular weight excluding hydrogens is 789 g/mol. The molecule has 0 radical (unpaired) electrons. The fourth-order valence-corrected chi connectivity index (χ4v) is 6.89. The number of halogens is 3. The van der Waals surface area contributed by atoms with Crippen molar-refractivity contribution in [1.29, 1.82) is 0 Å². The highest BCUT2D eigenvalue weighted by Gasteiger charge is 2.38. The molecule has 3 heterocycles. The summed E-state index contributed by atoms with van der Waals surface area (Å²) in [6.07, 6.45) is 2.17. The first-order valence-corrected chi connectivity index (χ1v) is 19.5. The Morgan fingerprint density at radius 1 is 0.967 bits per heavy atom. The van der Waals surface area contributed by atoms with Gasteiger partial charge in [0.25, 0.3) is 5.91 Å². The number of amides is 3. The standard InChI is InChI=1S/C38H48N10O5.C2HF3O2/c1-38(2,3)53-37(52)41-22-25-9-13-28(14-10-25)34(50)48(29-17-15-27(16-18-29)32-43-45-46-44-32)35(51)31(39)21-24-7-11-26(12-8-24)30-23-40-36(42-33(30)49)47-19-5-4-6-20-47;3-2(4,5)1(6)7/h7-8,11-12,15-18,23,25,28,31H,4-6,9-10,13-14,19-22,39H2,1-3H3,(H,41,52)(H,40,42,49)(H,43,44,45,46);(H,6,7)/t25-,28-,31-;/m0./s1. The Morgan fingerprint density at radius 2 is 1.58 bits per heavy atom. The van der Waals surface area contributed by atoms with E-state index in [4.69, 9.17) is 20.4 Å². The number of aliphatic carboxylic acids is 1. The Hall–Kier alpha value is -6.18. The van der Waals surface area contributed by atoms with Crippen LogP contribution in [0.2, 0.25) is 0 Å². The van der Waals surface area contributed by atoms with Crippen LogP contribution in [0.3, 0.4) is 0 Å². The first kappa shape index (κ1) is 44.9. The number of carbonyl (C=O) groups excluding carboxylic acids is 3. The number of aromatic nitrogens is 6. The van der Waals surface area contributed by atoms with E-state index in [1.165, 1.54) is 11.3 Å². The van der Waals surface area contributed by atoms with Crippen molar-refractivity contribution in [2.24, 2.45) is 17.6 Å². The van der Waals surface area contributed by atoms with Crippen LogP contribution in [-0.4, -0.2) is 102 Å². The van der Waals surface area contributed by atoms with Crippen molar-refractivity contribution in [3.8, 4) is 28.4 Å². The van der Waals surface area contributed by atoms with Crippen molar-refractivity contribution in [3.63, 3.8) is 0 Å². The molecule has 2 aromatic carbocycles. The van der Waals surface area contributed by atoms with Gasteiger partial charge in [0.1, 0.15) is 5.60 Å². The van der Waals surface area contributed by atoms with Crippen LogP contribution in [0.4, 0.5) is 29.6 Å². The van der Waals surface area contributed by atoms with Gasteiger partial charge >= 0.3 is 18.2 Å². The molecule has 60 heavy (non-hydrogen) atoms. The minimum absolute atomic E-state index is 0.0898. The molecule has 1 atom stereocenters. The van der Waals surface area contributed by atoms with E-state index in [1.54, 1.807) is 30.5 Å². The maximum atomic E-state index is 14.2. The number of tetrazole rings is 1. The van der Waals surface area contributed by atoms with Crippen molar-refractivity contribution < 1.29 is 47.3 Å². The molecule has 0 spiro atoms. The number of benzene rings is 2. The number of imide groups is 1. The largest absolute Gasteiger partial charge is 0.493 e. The van der Waals surface area contributed by atoms with Gasteiger partial charge in [-0.3, -0.25) is 9.59 Å². The van der Waals surface area contributed by atoms with E-state index >= 15 is 0 Å². The topological polar surface area (TPSA) is 243 Å². The predicted molar refractivity (Wildman–Crippen MR) is 212 cm³/mol. The second kappa shape index (κ2) is 19.7. The lowest BCUT2D eigenvalue weighted by molar-refractivity contribution is -0.192. The first-order chi connectivity index (χ1) is 28.4. The van der Waals surface area contributed by atoms with Gasteiger partial charge in [-0.25, -0.2) is 19.5 Å². The van der Waals surface area contributed by atoms with Crippen molar-refractivity contribution in [2.75, 3.05) is 29.4 Å². The fourth-order valence-electron chi connectivity index (χ4n) is 6.89. The maximum Gasteiger partial charge on any atom is 0.490 e. The third-order valence-corrected chi connectivity index (χ3v) is 9.97. The zero-order valence-electron chi connectivity index (χ0n) is 33.5. The van der Waals surface area contributed by atoms with E-state index in [1.807, 2.05) is 45.0 Å². The molecule has 1 saturated carbocycles. The Labute approximate surface area is 343 Å². The molecule has 2 fully saturated rings. The Balaban J connectivity index is 0.000000896. The smallest absolute Gasteiger partial charge is 0.490 e. The predicted octanol–water partition coefficient (Wildman–Crippen LogP) is 5.41. The summed E-state index contributed by atoms with van der Waals surface area (Å²) in [6, 6.07) is 13.2. The van der Waals surface area contributed by atoms with Gasteiger partial charge in [0, 0.05) is 37.3 Å². The van der Waals surface area contributed by atoms with E-state index in [0.29, 0.717) is 60.8 Å². The van der Waals surface area contributed by atoms with Crippen LogP contribution in [0.25, 0.3) is 22.5 Å². The quantitative estimate of drug-likeness (QED) is 0.134. The molecule has 322 valence electrons. The fraction of sp³-hybridized carbons (Fsp3) is 0.475. The number of H-pyrrole nitrogens is 1. The van der Waals surface area contributed by atoms with E-state index in [9.17, 15) is 32.7 Å². The summed E-state index contributed by atoms with van der Waals surface area (Å²) in [6.45, 7) is 7.64. The molecule has 20 heteroatoms. The Kier molecular flexibility index (Phi) is 14.8. The lowest BCUT2D eigenvalue weighted by atomic mass is 9.81. The molecule has 1 aliphatic heterocycles. The average molecular weight is 839 g/mol. The third kappa shape index (κ3) is 12.4. The number of nitrogens with one attached hydrogen (secondary N) is 2. The van der Waals surface area contributed by atoms with E-state index in [0.717, 1.165) is 37.1 Å². The van der Waals surface area contributed by atoms with Gasteiger partial charge < -0.3 is 30.9 Å². The number of hydrogen-bond acceptors (Lipinski definition) is 13. The summed E-state index contributed by atoms with van der Waals surface area (Å²) in [4.78, 5) is 61.5. The van der Waals surface area contributed by atoms with Crippen molar-refractivity contribution in [2.45, 2.75) is 90.0 Å². The van der Waals surface area contributed by atoms with Gasteiger partial charge in [-0.05, 0) is 119 Å². The van der Waals surface area contributed by atoms with Gasteiger partial charge in [-0.1, -0.05) is 24.3 Å². The summed E-state index contributed by atoms with van der Waals surface area (Å²) in [5, 5.41) is 34.8. The van der Waals surface area contributed by atoms with E-state index in [-0.39, 0.29) is 24.1 Å². The summed E-state index contributed by atoms with van der Waals surface area (Å²) in [7, 11) is 0. The van der Waals surface area contributed by atoms with Crippen molar-refractivity contribution in [3.05, 3.63) is 60.3 Å². The Morgan fingerprint density at radius 3 is 2.13 bits per heavy atom. The summed E-state index contributed by atoms with van der Waals surface area (Å²) in [5.74, 6) is -2.96. The number of alkyl carbamates (subject to hydrolysis) is 1. The lowest BCUT2D eigenvalue weighted by Gasteiger charge is -2.32. The SMILES string of the molecule is CC(C)(C)OC(=O)NC[C@H]1CC[C@H](C(=O)N(C(=O)[C@@H](N)Cc2ccc(-c3cnc(N4CCCCC4)nc3O)cc2)c2ccc(-c3nn[nH]n3)cc2)CC1.O=C(O)C(F)(F)F. The van der Waals surface area contributed by atoms with E-state index in [2.05, 4.69) is 40.8 Å². The van der Waals surface area contributed by atoms with Crippen LogP contribution >= 0.6 is 0 Å². The number of nitrogens with zero attached hydrogens (tertiary/aromatic N) is 7. The normalized spacial score (nSPS) is 17.4. The number of piperidine rings is 1. The lowest BCUT2D eigenvalue weighted by Crippen LogP contribution is -2.50. The molecule has 2 aromatic heterocycles. The highest BCUT2D eigenvalue weighted by molar-refractivity contribution is 6.17. The van der Waals surface area contributed by atoms with Gasteiger partial charge in [0.05, 0.1) is 17.3 Å². The minimum Gasteiger partial charge on any atom is -0.493 e. The second-order valence-corrected chi connectivity index (χ2v) is 15.7. The molecule has 1 saturated heterocycles. The average Bonchev–Trinajstić information content (AvgIpc) is 3.76. The molecule has 17 nitrogen and oxygen atoms in total. The first-order valence-electron chi connectivity index (χ1n) is 19.5. The number of carboxylic acid groups (broad SMARTS) is 1. The zero-order valence-corrected chi connectivity index (χ0v) is 33.5. The molecule has 1 aliphatic carbocycles. The van der Waals surface area contributed by atoms with Crippen LogP contribution < -0.4 is 20.9 Å². The number of ether oxygens (including phenoxy) is 1. The van der Waals surface area contributed by atoms with Gasteiger partial charge in [-0.2, -0.15) is 23.4 Å². The number of carbonyl (C=O) groups is 4. The van der Waals surface area contributed by atoms with Crippen molar-refractivity contribution >= 4 is 35.5 Å². The van der Waals surface area contributed by atoms with E-state index < -0.39 is 41.7 Å². The van der Waals surface area contributed by atoms with Crippen LogP contribution in [-0.2, 0) is 25.5 Å². The highest BCUT2D eigenvalue weighted by atomic mass is 19.4. The number of nitrogens with two attached hydrogens (primary N) is 1. The van der Waals surface area contributed by atoms with Crippen LogP contribution in [0.5, 0.6) is 5.88 Å². The number of aromatic amines is 1. The Bertz CT molecular complexity index is 2070. The monoisotopic (exact) mass is 838 g/mol. The van der Waals surface area contributed by atoms with Gasteiger partial charge in [-0.15, -0.1) is 10.2 Å². The molecule has 2 aliphatic rings. The molecule has 6 N–H and O–H groups in total. The molecular formula is C40H49F3N10O7. The number of carboxylic acids is 1. The van der Waals surface area contributed by atoms with Crippen LogP contribution in [0, 0.1) is 11.8 Å². The molecule has 0 bridgehead atoms. The minimum atomic E-state index is -5.08. The maximum absolute atomic E-state index is 14.2. The summed E-state index contributed by atoms with van der Waals surface area (Å²) in [5.41, 5.74) is 9.07. The number of rotatable bonds is 10. The third-order valence-electron chi connectivity index (χ3n) is 9.97. The highest BCUT2D eigenvalue weighted by Crippen LogP contribution is 2.33. The summed E-state index contributed by atoms with van der Waals surface area (Å²) >= 11 is 0. The molecule has 0 unspecified atom stereocenters. The molecule has 3 amide bonds. The van der Waals surface area contributed by atoms with Gasteiger partial charge in [0.15, 0.2) is 0 Å². The van der Waals surface area contributed by atoms with Crippen LogP contribution in [0.15, 0.2) is 54.7 Å². The summed E-state index contributed by atoms with van der Waals surface area (Å²) < 4.78 is 37.1. The molecule has 6 rings (SSSR count). The van der Waals surface area contributed by atoms with Crippen molar-refractivity contribution in [1.82, 2.24) is 35.9 Å². The molecule has 4 aromatic rings. The zero-order chi connectivity index (χ0) is 43.6. The number of hydrogen-bond donors (Lipinski definition) is 5. The second-order valence-electron chi connectivity index (χ2n) is 15.7. The number of alkyl halides is 3. The number of aromatic hydroxyl groups is 1. The number of anilines is 2. The van der Waals surface area contributed by atoms with Crippen LogP contribution in [0.1, 0.15) is 71.3 Å². The van der Waals surface area contributed by atoms with Gasteiger partial charge in [0.2, 0.25) is 23.6 Å².